The van der Waals surface area contributed by atoms with Crippen molar-refractivity contribution < 1.29 is 5.11 Å². The minimum atomic E-state index is -0.736. The van der Waals surface area contributed by atoms with E-state index < -0.39 is 6.10 Å². The van der Waals surface area contributed by atoms with Crippen LogP contribution in [0.3, 0.4) is 0 Å². The van der Waals surface area contributed by atoms with Gasteiger partial charge in [0, 0.05) is 28.9 Å². The maximum atomic E-state index is 9.99. The molecule has 1 unspecified atom stereocenters. The van der Waals surface area contributed by atoms with Crippen molar-refractivity contribution in [2.24, 2.45) is 0 Å². The van der Waals surface area contributed by atoms with Crippen LogP contribution in [0.4, 0.5) is 0 Å². The van der Waals surface area contributed by atoms with Gasteiger partial charge in [0.25, 0.3) is 0 Å². The van der Waals surface area contributed by atoms with E-state index in [9.17, 15) is 5.11 Å². The third-order valence-electron chi connectivity index (χ3n) is 2.35. The number of nitrogens with zero attached hydrogens (tertiary/aromatic N) is 2. The largest absolute Gasteiger partial charge is 0.386 e. The molecule has 0 aliphatic heterocycles. The van der Waals surface area contributed by atoms with Crippen LogP contribution in [-0.4, -0.2) is 15.1 Å². The quantitative estimate of drug-likeness (QED) is 0.931. The Hall–Kier alpha value is -1.16. The summed E-state index contributed by atoms with van der Waals surface area (Å²) >= 11 is 11.9. The van der Waals surface area contributed by atoms with Gasteiger partial charge in [0.2, 0.25) is 0 Å². The number of halogens is 2. The molecule has 0 fully saturated rings. The van der Waals surface area contributed by atoms with Gasteiger partial charge in [-0.1, -0.05) is 23.2 Å². The highest BCUT2D eigenvalue weighted by atomic mass is 35.5. The average molecular weight is 269 g/mol. The summed E-state index contributed by atoms with van der Waals surface area (Å²) in [6.07, 6.45) is 4.25. The Kier molecular flexibility index (Phi) is 3.94. The molecule has 1 N–H and O–H groups in total. The average Bonchev–Trinajstić information content (AvgIpc) is 2.35. The van der Waals surface area contributed by atoms with Gasteiger partial charge in [0.05, 0.1) is 11.9 Å². The molecule has 0 radical (unpaired) electrons. The first kappa shape index (κ1) is 12.3. The fourth-order valence-electron chi connectivity index (χ4n) is 1.50. The van der Waals surface area contributed by atoms with Crippen molar-refractivity contribution in [2.75, 3.05) is 0 Å². The summed E-state index contributed by atoms with van der Waals surface area (Å²) < 4.78 is 0. The van der Waals surface area contributed by atoms with Gasteiger partial charge in [-0.15, -0.1) is 0 Å². The number of rotatable bonds is 3. The molecule has 88 valence electrons. The molecule has 1 aromatic carbocycles. The number of hydrogen-bond acceptors (Lipinski definition) is 3. The van der Waals surface area contributed by atoms with Gasteiger partial charge < -0.3 is 5.11 Å². The van der Waals surface area contributed by atoms with Crippen molar-refractivity contribution in [1.82, 2.24) is 9.97 Å². The maximum Gasteiger partial charge on any atom is 0.102 e. The summed E-state index contributed by atoms with van der Waals surface area (Å²) in [7, 11) is 0. The number of hydrogen-bond donors (Lipinski definition) is 1. The third-order valence-corrected chi connectivity index (χ3v) is 2.95. The van der Waals surface area contributed by atoms with E-state index in [2.05, 4.69) is 9.97 Å². The van der Waals surface area contributed by atoms with E-state index >= 15 is 0 Å². The number of aromatic nitrogens is 2. The molecule has 1 heterocycles. The number of benzene rings is 1. The summed E-state index contributed by atoms with van der Waals surface area (Å²) in [5, 5.41) is 11.2. The van der Waals surface area contributed by atoms with Gasteiger partial charge >= 0.3 is 0 Å². The third kappa shape index (κ3) is 3.16. The lowest BCUT2D eigenvalue weighted by Gasteiger charge is -2.11. The van der Waals surface area contributed by atoms with Gasteiger partial charge in [0.15, 0.2) is 0 Å². The van der Waals surface area contributed by atoms with Crippen molar-refractivity contribution in [2.45, 2.75) is 12.5 Å². The Labute approximate surface area is 109 Å². The molecule has 0 spiro atoms. The number of aliphatic hydroxyl groups is 1. The van der Waals surface area contributed by atoms with Crippen molar-refractivity contribution in [3.8, 4) is 0 Å². The molecule has 17 heavy (non-hydrogen) atoms. The van der Waals surface area contributed by atoms with E-state index in [1.54, 1.807) is 24.4 Å². The first-order valence-electron chi connectivity index (χ1n) is 5.04. The first-order chi connectivity index (χ1) is 8.16. The standard InChI is InChI=1S/C12H10Cl2N2O/c13-9-1-2-10(14)8(5-9)6-12(17)11-7-15-3-4-16-11/h1-5,7,12,17H,6H2. The SMILES string of the molecule is OC(Cc1cc(Cl)ccc1Cl)c1cnccn1. The van der Waals surface area contributed by atoms with Crippen LogP contribution in [0.2, 0.25) is 10.0 Å². The molecule has 0 saturated heterocycles. The Bertz CT molecular complexity index is 505. The van der Waals surface area contributed by atoms with Crippen molar-refractivity contribution in [1.29, 1.82) is 0 Å². The molecule has 1 aromatic heterocycles. The van der Waals surface area contributed by atoms with E-state index in [0.717, 1.165) is 5.56 Å². The Morgan fingerprint density at radius 2 is 2.06 bits per heavy atom. The van der Waals surface area contributed by atoms with Crippen LogP contribution >= 0.6 is 23.2 Å². The van der Waals surface area contributed by atoms with E-state index in [1.165, 1.54) is 12.4 Å². The van der Waals surface area contributed by atoms with Crippen LogP contribution in [0.25, 0.3) is 0 Å². The predicted octanol–water partition coefficient (Wildman–Crippen LogP) is 3.06. The van der Waals surface area contributed by atoms with Crippen LogP contribution in [0.15, 0.2) is 36.8 Å². The molecule has 0 aliphatic rings. The highest BCUT2D eigenvalue weighted by Crippen LogP contribution is 2.25. The highest BCUT2D eigenvalue weighted by Gasteiger charge is 2.12. The Balaban J connectivity index is 2.18. The van der Waals surface area contributed by atoms with Crippen LogP contribution in [0, 0.1) is 0 Å². The fraction of sp³-hybridized carbons (Fsp3) is 0.167. The molecule has 1 atom stereocenters. The van der Waals surface area contributed by atoms with Crippen molar-refractivity contribution in [3.63, 3.8) is 0 Å². The van der Waals surface area contributed by atoms with Crippen LogP contribution in [0.5, 0.6) is 0 Å². The molecule has 0 aliphatic carbocycles. The van der Waals surface area contributed by atoms with Gasteiger partial charge in [-0.25, -0.2) is 0 Å². The molecular weight excluding hydrogens is 259 g/mol. The fourth-order valence-corrected chi connectivity index (χ4v) is 1.88. The van der Waals surface area contributed by atoms with E-state index in [4.69, 9.17) is 23.2 Å². The second-order valence-corrected chi connectivity index (χ2v) is 4.43. The van der Waals surface area contributed by atoms with Crippen LogP contribution < -0.4 is 0 Å². The Morgan fingerprint density at radius 3 is 2.76 bits per heavy atom. The maximum absolute atomic E-state index is 9.99. The van der Waals surface area contributed by atoms with Gasteiger partial charge in [-0.3, -0.25) is 9.97 Å². The second kappa shape index (κ2) is 5.45. The van der Waals surface area contributed by atoms with Crippen molar-refractivity contribution in [3.05, 3.63) is 58.1 Å². The topological polar surface area (TPSA) is 46.0 Å². The zero-order valence-electron chi connectivity index (χ0n) is 8.85. The van der Waals surface area contributed by atoms with E-state index in [-0.39, 0.29) is 0 Å². The zero-order valence-corrected chi connectivity index (χ0v) is 10.4. The minimum Gasteiger partial charge on any atom is -0.386 e. The lowest BCUT2D eigenvalue weighted by molar-refractivity contribution is 0.173. The minimum absolute atomic E-state index is 0.359. The summed E-state index contributed by atoms with van der Waals surface area (Å²) in [6.45, 7) is 0. The van der Waals surface area contributed by atoms with Gasteiger partial charge in [-0.2, -0.15) is 0 Å². The molecule has 5 heteroatoms. The summed E-state index contributed by atoms with van der Waals surface area (Å²) in [5.41, 5.74) is 1.31. The van der Waals surface area contributed by atoms with Gasteiger partial charge in [0.1, 0.15) is 6.10 Å². The van der Waals surface area contributed by atoms with E-state index in [1.807, 2.05) is 0 Å². The van der Waals surface area contributed by atoms with Crippen molar-refractivity contribution >= 4 is 23.2 Å². The second-order valence-electron chi connectivity index (χ2n) is 3.59. The molecule has 3 nitrogen and oxygen atoms in total. The molecular formula is C12H10Cl2N2O. The Morgan fingerprint density at radius 1 is 1.24 bits per heavy atom. The lowest BCUT2D eigenvalue weighted by atomic mass is 10.1. The van der Waals surface area contributed by atoms with E-state index in [0.29, 0.717) is 22.2 Å². The summed E-state index contributed by atoms with van der Waals surface area (Å²) in [6, 6.07) is 5.16. The normalized spacial score (nSPS) is 12.4. The molecule has 2 rings (SSSR count). The first-order valence-corrected chi connectivity index (χ1v) is 5.80. The summed E-state index contributed by atoms with van der Waals surface area (Å²) in [4.78, 5) is 7.94. The van der Waals surface area contributed by atoms with Gasteiger partial charge in [-0.05, 0) is 23.8 Å². The molecule has 2 aromatic rings. The zero-order chi connectivity index (χ0) is 12.3. The number of aliphatic hydroxyl groups excluding tert-OH is 1. The highest BCUT2D eigenvalue weighted by molar-refractivity contribution is 6.33. The molecule has 0 amide bonds. The molecule has 0 bridgehead atoms. The predicted molar refractivity (Wildman–Crippen MR) is 67.2 cm³/mol. The summed E-state index contributed by atoms with van der Waals surface area (Å²) in [5.74, 6) is 0. The monoisotopic (exact) mass is 268 g/mol. The molecule has 0 saturated carbocycles. The lowest BCUT2D eigenvalue weighted by Crippen LogP contribution is -2.04. The van der Waals surface area contributed by atoms with Crippen LogP contribution in [0.1, 0.15) is 17.4 Å². The smallest absolute Gasteiger partial charge is 0.102 e. The van der Waals surface area contributed by atoms with Crippen LogP contribution in [-0.2, 0) is 6.42 Å².